The fourth-order valence-electron chi connectivity index (χ4n) is 2.86. The molecule has 1 fully saturated rings. The number of rotatable bonds is 6. The maximum atomic E-state index is 11.7. The van der Waals surface area contributed by atoms with E-state index in [0.29, 0.717) is 38.9 Å². The van der Waals surface area contributed by atoms with Gasteiger partial charge in [0.2, 0.25) is 0 Å². The number of amides is 1. The first kappa shape index (κ1) is 23.3. The Bertz CT molecular complexity index is 604. The zero-order valence-electron chi connectivity index (χ0n) is 16.4. The van der Waals surface area contributed by atoms with Crippen molar-refractivity contribution in [1.29, 1.82) is 0 Å². The fraction of sp³-hybridized carbons (Fsp3) is 0.579. The SMILES string of the molecule is CCOC(=O)N1CCC(NC(=NC)NCCOc2ccccc2C)CC1.I. The number of nitrogens with one attached hydrogen (secondary N) is 2. The van der Waals surface area contributed by atoms with E-state index in [1.807, 2.05) is 38.1 Å². The third kappa shape index (κ3) is 7.82. The Morgan fingerprint density at radius 2 is 2.00 bits per heavy atom. The van der Waals surface area contributed by atoms with Crippen molar-refractivity contribution in [2.45, 2.75) is 32.7 Å². The number of carbonyl (C=O) groups is 1. The molecule has 0 spiro atoms. The highest BCUT2D eigenvalue weighted by molar-refractivity contribution is 14.0. The van der Waals surface area contributed by atoms with Crippen LogP contribution in [0.2, 0.25) is 0 Å². The maximum Gasteiger partial charge on any atom is 0.409 e. The fourth-order valence-corrected chi connectivity index (χ4v) is 2.86. The number of nitrogens with zero attached hydrogens (tertiary/aromatic N) is 2. The van der Waals surface area contributed by atoms with E-state index in [4.69, 9.17) is 9.47 Å². The van der Waals surface area contributed by atoms with Crippen molar-refractivity contribution in [2.24, 2.45) is 4.99 Å². The van der Waals surface area contributed by atoms with Crippen LogP contribution < -0.4 is 15.4 Å². The van der Waals surface area contributed by atoms with E-state index in [0.717, 1.165) is 30.1 Å². The van der Waals surface area contributed by atoms with E-state index >= 15 is 0 Å². The van der Waals surface area contributed by atoms with Gasteiger partial charge in [0, 0.05) is 26.2 Å². The molecule has 0 atom stereocenters. The standard InChI is InChI=1S/C19H30N4O3.HI/c1-4-25-19(24)23-12-9-16(10-13-23)22-18(20-3)21-11-14-26-17-8-6-5-7-15(17)2;/h5-8,16H,4,9-14H2,1-3H3,(H2,20,21,22);1H. The minimum Gasteiger partial charge on any atom is -0.491 e. The number of halogens is 1. The van der Waals surface area contributed by atoms with Crippen LogP contribution in [0.4, 0.5) is 4.79 Å². The lowest BCUT2D eigenvalue weighted by molar-refractivity contribution is 0.0963. The molecule has 8 heteroatoms. The first-order chi connectivity index (χ1) is 12.6. The topological polar surface area (TPSA) is 75.2 Å². The Kier molecular flexibility index (Phi) is 10.9. The van der Waals surface area contributed by atoms with E-state index in [2.05, 4.69) is 15.6 Å². The van der Waals surface area contributed by atoms with Gasteiger partial charge in [0.05, 0.1) is 13.2 Å². The predicted octanol–water partition coefficient (Wildman–Crippen LogP) is 2.78. The summed E-state index contributed by atoms with van der Waals surface area (Å²) in [6, 6.07) is 8.27. The smallest absolute Gasteiger partial charge is 0.409 e. The highest BCUT2D eigenvalue weighted by atomic mass is 127. The Morgan fingerprint density at radius 1 is 1.30 bits per heavy atom. The third-order valence-electron chi connectivity index (χ3n) is 4.33. The predicted molar refractivity (Wildman–Crippen MR) is 118 cm³/mol. The lowest BCUT2D eigenvalue weighted by Crippen LogP contribution is -2.50. The van der Waals surface area contributed by atoms with Crippen LogP contribution in [0.5, 0.6) is 5.75 Å². The van der Waals surface area contributed by atoms with Crippen LogP contribution in [0.3, 0.4) is 0 Å². The molecule has 1 amide bonds. The average molecular weight is 490 g/mol. The van der Waals surface area contributed by atoms with Crippen LogP contribution in [-0.4, -0.2) is 62.9 Å². The molecule has 0 radical (unpaired) electrons. The molecule has 0 aromatic heterocycles. The van der Waals surface area contributed by atoms with Gasteiger partial charge in [0.25, 0.3) is 0 Å². The highest BCUT2D eigenvalue weighted by Gasteiger charge is 2.23. The summed E-state index contributed by atoms with van der Waals surface area (Å²) in [4.78, 5) is 17.8. The second kappa shape index (κ2) is 12.6. The lowest BCUT2D eigenvalue weighted by atomic mass is 10.1. The van der Waals surface area contributed by atoms with E-state index < -0.39 is 0 Å². The molecule has 1 saturated heterocycles. The molecular weight excluding hydrogens is 459 g/mol. The van der Waals surface area contributed by atoms with Gasteiger partial charge < -0.3 is 25.0 Å². The van der Waals surface area contributed by atoms with Crippen LogP contribution >= 0.6 is 24.0 Å². The number of guanidine groups is 1. The molecule has 0 bridgehead atoms. The van der Waals surface area contributed by atoms with Crippen LogP contribution in [0.15, 0.2) is 29.3 Å². The molecule has 7 nitrogen and oxygen atoms in total. The normalized spacial score (nSPS) is 14.9. The summed E-state index contributed by atoms with van der Waals surface area (Å²) in [7, 11) is 1.76. The van der Waals surface area contributed by atoms with Gasteiger partial charge in [0.15, 0.2) is 5.96 Å². The van der Waals surface area contributed by atoms with Gasteiger partial charge in [-0.25, -0.2) is 4.79 Å². The molecule has 0 unspecified atom stereocenters. The minimum atomic E-state index is -0.221. The maximum absolute atomic E-state index is 11.7. The third-order valence-corrected chi connectivity index (χ3v) is 4.33. The molecule has 1 heterocycles. The van der Waals surface area contributed by atoms with Crippen molar-refractivity contribution in [2.75, 3.05) is 39.9 Å². The number of aliphatic imine (C=N–C) groups is 1. The average Bonchev–Trinajstić information content (AvgIpc) is 2.66. The quantitative estimate of drug-likeness (QED) is 0.278. The number of likely N-dealkylation sites (tertiary alicyclic amines) is 1. The summed E-state index contributed by atoms with van der Waals surface area (Å²) in [5.74, 6) is 1.66. The van der Waals surface area contributed by atoms with E-state index in [9.17, 15) is 4.79 Å². The number of ether oxygens (including phenoxy) is 2. The second-order valence-electron chi connectivity index (χ2n) is 6.22. The highest BCUT2D eigenvalue weighted by Crippen LogP contribution is 2.15. The van der Waals surface area contributed by atoms with Gasteiger partial charge in [-0.2, -0.15) is 0 Å². The number of hydrogen-bond donors (Lipinski definition) is 2. The monoisotopic (exact) mass is 490 g/mol. The molecule has 1 aliphatic rings. The molecule has 1 aromatic rings. The van der Waals surface area contributed by atoms with Crippen LogP contribution in [0.25, 0.3) is 0 Å². The Morgan fingerprint density at radius 3 is 2.63 bits per heavy atom. The first-order valence-corrected chi connectivity index (χ1v) is 9.21. The zero-order chi connectivity index (χ0) is 18.8. The number of carbonyl (C=O) groups excluding carboxylic acids is 1. The van der Waals surface area contributed by atoms with Crippen molar-refractivity contribution in [3.8, 4) is 5.75 Å². The van der Waals surface area contributed by atoms with Gasteiger partial charge in [-0.1, -0.05) is 18.2 Å². The van der Waals surface area contributed by atoms with E-state index in [-0.39, 0.29) is 30.1 Å². The number of piperidine rings is 1. The molecule has 2 rings (SSSR count). The molecule has 0 aliphatic carbocycles. The molecule has 27 heavy (non-hydrogen) atoms. The van der Waals surface area contributed by atoms with Gasteiger partial charge in [-0.05, 0) is 38.3 Å². The number of hydrogen-bond acceptors (Lipinski definition) is 4. The minimum absolute atomic E-state index is 0. The van der Waals surface area contributed by atoms with Crippen LogP contribution in [0.1, 0.15) is 25.3 Å². The largest absolute Gasteiger partial charge is 0.491 e. The summed E-state index contributed by atoms with van der Waals surface area (Å²) < 4.78 is 10.8. The van der Waals surface area contributed by atoms with E-state index in [1.54, 1.807) is 11.9 Å². The molecule has 2 N–H and O–H groups in total. The summed E-state index contributed by atoms with van der Waals surface area (Å²) in [6.07, 6.45) is 1.53. The van der Waals surface area contributed by atoms with Gasteiger partial charge in [0.1, 0.15) is 12.4 Å². The number of aryl methyl sites for hydroxylation is 1. The van der Waals surface area contributed by atoms with Crippen LogP contribution in [-0.2, 0) is 4.74 Å². The Balaban J connectivity index is 0.00000364. The summed E-state index contributed by atoms with van der Waals surface area (Å²) in [5, 5.41) is 6.68. The summed E-state index contributed by atoms with van der Waals surface area (Å²) in [5.41, 5.74) is 1.13. The molecule has 0 saturated carbocycles. The van der Waals surface area contributed by atoms with Crippen molar-refractivity contribution >= 4 is 36.0 Å². The first-order valence-electron chi connectivity index (χ1n) is 9.21. The molecule has 152 valence electrons. The van der Waals surface area contributed by atoms with Gasteiger partial charge in [-0.15, -0.1) is 24.0 Å². The molecule has 1 aromatic carbocycles. The van der Waals surface area contributed by atoms with Gasteiger partial charge >= 0.3 is 6.09 Å². The molecule has 1 aliphatic heterocycles. The Labute approximate surface area is 178 Å². The second-order valence-corrected chi connectivity index (χ2v) is 6.22. The summed E-state index contributed by atoms with van der Waals surface area (Å²) in [6.45, 7) is 6.89. The van der Waals surface area contributed by atoms with Crippen molar-refractivity contribution in [3.63, 3.8) is 0 Å². The van der Waals surface area contributed by atoms with Crippen molar-refractivity contribution in [1.82, 2.24) is 15.5 Å². The number of benzene rings is 1. The number of para-hydroxylation sites is 1. The van der Waals surface area contributed by atoms with E-state index in [1.165, 1.54) is 0 Å². The van der Waals surface area contributed by atoms with Crippen molar-refractivity contribution < 1.29 is 14.3 Å². The zero-order valence-corrected chi connectivity index (χ0v) is 18.7. The lowest BCUT2D eigenvalue weighted by Gasteiger charge is -2.32. The van der Waals surface area contributed by atoms with Crippen molar-refractivity contribution in [3.05, 3.63) is 29.8 Å². The molecular formula is C19H31IN4O3. The van der Waals surface area contributed by atoms with Crippen LogP contribution in [0, 0.1) is 6.92 Å². The Hall–Kier alpha value is -1.71. The van der Waals surface area contributed by atoms with Gasteiger partial charge in [-0.3, -0.25) is 4.99 Å². The summed E-state index contributed by atoms with van der Waals surface area (Å²) >= 11 is 0.